The maximum absolute atomic E-state index is 12.4. The lowest BCUT2D eigenvalue weighted by molar-refractivity contribution is -0.120. The summed E-state index contributed by atoms with van der Waals surface area (Å²) in [5, 5.41) is 0. The van der Waals surface area contributed by atoms with E-state index in [4.69, 9.17) is 9.47 Å². The zero-order valence-corrected chi connectivity index (χ0v) is 13.3. The number of para-hydroxylation sites is 1. The molecule has 23 heavy (non-hydrogen) atoms. The van der Waals surface area contributed by atoms with Crippen LogP contribution in [0.2, 0.25) is 0 Å². The minimum absolute atomic E-state index is 0.0127. The van der Waals surface area contributed by atoms with Crippen LogP contribution in [0.1, 0.15) is 18.9 Å². The van der Waals surface area contributed by atoms with E-state index in [-0.39, 0.29) is 12.5 Å². The highest BCUT2D eigenvalue weighted by molar-refractivity contribution is 5.96. The first-order valence-electron chi connectivity index (χ1n) is 8.02. The lowest BCUT2D eigenvalue weighted by Gasteiger charge is -2.17. The van der Waals surface area contributed by atoms with Crippen molar-refractivity contribution >= 4 is 11.6 Å². The number of hydrogen-bond donors (Lipinski definition) is 0. The van der Waals surface area contributed by atoms with Crippen molar-refractivity contribution in [1.82, 2.24) is 0 Å². The Morgan fingerprint density at radius 1 is 1.04 bits per heavy atom. The standard InChI is InChI=1S/C19H21NO3/c1-2-13-22-16-7-9-17(10-8-16)23-14-19(21)20-12-11-15-5-3-4-6-18(15)20/h3-10H,2,11-14H2,1H3. The molecule has 0 bridgehead atoms. The van der Waals surface area contributed by atoms with E-state index in [1.54, 1.807) is 4.90 Å². The van der Waals surface area contributed by atoms with Crippen molar-refractivity contribution in [1.29, 1.82) is 0 Å². The van der Waals surface area contributed by atoms with Crippen LogP contribution in [0, 0.1) is 0 Å². The van der Waals surface area contributed by atoms with E-state index >= 15 is 0 Å². The van der Waals surface area contributed by atoms with Gasteiger partial charge in [0.2, 0.25) is 0 Å². The summed E-state index contributed by atoms with van der Waals surface area (Å²) < 4.78 is 11.1. The number of carbonyl (C=O) groups excluding carboxylic acids is 1. The SMILES string of the molecule is CCCOc1ccc(OCC(=O)N2CCc3ccccc32)cc1. The van der Waals surface area contributed by atoms with Crippen LogP contribution < -0.4 is 14.4 Å². The number of ether oxygens (including phenoxy) is 2. The van der Waals surface area contributed by atoms with Crippen molar-refractivity contribution in [2.24, 2.45) is 0 Å². The highest BCUT2D eigenvalue weighted by atomic mass is 16.5. The van der Waals surface area contributed by atoms with Gasteiger partial charge in [-0.15, -0.1) is 0 Å². The maximum Gasteiger partial charge on any atom is 0.264 e. The summed E-state index contributed by atoms with van der Waals surface area (Å²) in [5.41, 5.74) is 2.22. The molecule has 3 rings (SSSR count). The van der Waals surface area contributed by atoms with Gasteiger partial charge >= 0.3 is 0 Å². The van der Waals surface area contributed by atoms with Crippen LogP contribution in [0.3, 0.4) is 0 Å². The minimum Gasteiger partial charge on any atom is -0.494 e. The summed E-state index contributed by atoms with van der Waals surface area (Å²) in [6.45, 7) is 3.54. The predicted molar refractivity (Wildman–Crippen MR) is 90.2 cm³/mol. The Labute approximate surface area is 136 Å². The third-order valence-corrected chi connectivity index (χ3v) is 3.85. The second kappa shape index (κ2) is 7.18. The molecule has 1 amide bonds. The fraction of sp³-hybridized carbons (Fsp3) is 0.316. The zero-order chi connectivity index (χ0) is 16.1. The number of rotatable bonds is 6. The van der Waals surface area contributed by atoms with Gasteiger partial charge in [-0.1, -0.05) is 25.1 Å². The molecule has 0 saturated heterocycles. The van der Waals surface area contributed by atoms with Crippen LogP contribution in [0.15, 0.2) is 48.5 Å². The number of benzene rings is 2. The Hall–Kier alpha value is -2.49. The first kappa shape index (κ1) is 15.4. The molecule has 1 aliphatic heterocycles. The summed E-state index contributed by atoms with van der Waals surface area (Å²) in [4.78, 5) is 14.2. The molecule has 2 aromatic carbocycles. The monoisotopic (exact) mass is 311 g/mol. The molecular formula is C19H21NO3. The zero-order valence-electron chi connectivity index (χ0n) is 13.3. The number of nitrogens with zero attached hydrogens (tertiary/aromatic N) is 1. The minimum atomic E-state index is -0.0127. The summed E-state index contributed by atoms with van der Waals surface area (Å²) in [7, 11) is 0. The van der Waals surface area contributed by atoms with E-state index in [0.29, 0.717) is 12.4 Å². The molecular weight excluding hydrogens is 290 g/mol. The third-order valence-electron chi connectivity index (χ3n) is 3.85. The van der Waals surface area contributed by atoms with Gasteiger partial charge in [-0.05, 0) is 48.7 Å². The first-order chi connectivity index (χ1) is 11.3. The van der Waals surface area contributed by atoms with Crippen LogP contribution in [-0.4, -0.2) is 25.7 Å². The topological polar surface area (TPSA) is 38.8 Å². The molecule has 4 nitrogen and oxygen atoms in total. The second-order valence-electron chi connectivity index (χ2n) is 5.53. The molecule has 0 aromatic heterocycles. The Bertz CT molecular complexity index is 667. The van der Waals surface area contributed by atoms with Crippen molar-refractivity contribution in [3.8, 4) is 11.5 Å². The quantitative estimate of drug-likeness (QED) is 0.820. The Balaban J connectivity index is 1.55. The van der Waals surface area contributed by atoms with E-state index in [2.05, 4.69) is 13.0 Å². The van der Waals surface area contributed by atoms with Gasteiger partial charge in [-0.3, -0.25) is 4.79 Å². The van der Waals surface area contributed by atoms with Crippen LogP contribution in [0.25, 0.3) is 0 Å². The fourth-order valence-electron chi connectivity index (χ4n) is 2.67. The molecule has 1 aliphatic rings. The van der Waals surface area contributed by atoms with Gasteiger partial charge in [-0.25, -0.2) is 0 Å². The van der Waals surface area contributed by atoms with Gasteiger partial charge in [0.15, 0.2) is 6.61 Å². The van der Waals surface area contributed by atoms with E-state index in [1.807, 2.05) is 42.5 Å². The smallest absolute Gasteiger partial charge is 0.264 e. The number of fused-ring (bicyclic) bond motifs is 1. The molecule has 0 N–H and O–H groups in total. The lowest BCUT2D eigenvalue weighted by Crippen LogP contribution is -2.33. The van der Waals surface area contributed by atoms with Crippen LogP contribution in [-0.2, 0) is 11.2 Å². The summed E-state index contributed by atoms with van der Waals surface area (Å²) >= 11 is 0. The number of anilines is 1. The van der Waals surface area contributed by atoms with Gasteiger partial charge < -0.3 is 14.4 Å². The van der Waals surface area contributed by atoms with Crippen LogP contribution in [0.5, 0.6) is 11.5 Å². The Kier molecular flexibility index (Phi) is 4.81. The fourth-order valence-corrected chi connectivity index (χ4v) is 2.67. The molecule has 4 heteroatoms. The van der Waals surface area contributed by atoms with Gasteiger partial charge in [0.1, 0.15) is 11.5 Å². The second-order valence-corrected chi connectivity index (χ2v) is 5.53. The molecule has 0 atom stereocenters. The average Bonchev–Trinajstić information content (AvgIpc) is 3.03. The van der Waals surface area contributed by atoms with E-state index in [1.165, 1.54) is 5.56 Å². The number of carbonyl (C=O) groups is 1. The highest BCUT2D eigenvalue weighted by Crippen LogP contribution is 2.27. The van der Waals surface area contributed by atoms with Gasteiger partial charge in [0.25, 0.3) is 5.91 Å². The van der Waals surface area contributed by atoms with Crippen molar-refractivity contribution in [3.63, 3.8) is 0 Å². The normalized spacial score (nSPS) is 12.8. The largest absolute Gasteiger partial charge is 0.494 e. The highest BCUT2D eigenvalue weighted by Gasteiger charge is 2.24. The van der Waals surface area contributed by atoms with Gasteiger partial charge in [0.05, 0.1) is 6.61 Å². The average molecular weight is 311 g/mol. The summed E-state index contributed by atoms with van der Waals surface area (Å²) in [6.07, 6.45) is 1.88. The summed E-state index contributed by atoms with van der Waals surface area (Å²) in [6, 6.07) is 15.4. The van der Waals surface area contributed by atoms with Crippen molar-refractivity contribution in [3.05, 3.63) is 54.1 Å². The lowest BCUT2D eigenvalue weighted by atomic mass is 10.2. The Morgan fingerprint density at radius 2 is 1.74 bits per heavy atom. The molecule has 0 unspecified atom stereocenters. The molecule has 0 aliphatic carbocycles. The molecule has 0 radical (unpaired) electrons. The Morgan fingerprint density at radius 3 is 2.48 bits per heavy atom. The number of hydrogen-bond acceptors (Lipinski definition) is 3. The van der Waals surface area contributed by atoms with Crippen molar-refractivity contribution < 1.29 is 14.3 Å². The van der Waals surface area contributed by atoms with Crippen molar-refractivity contribution in [2.45, 2.75) is 19.8 Å². The molecule has 2 aromatic rings. The van der Waals surface area contributed by atoms with Gasteiger partial charge in [0, 0.05) is 12.2 Å². The molecule has 0 saturated carbocycles. The predicted octanol–water partition coefficient (Wildman–Crippen LogP) is 3.44. The van der Waals surface area contributed by atoms with Crippen LogP contribution in [0.4, 0.5) is 5.69 Å². The van der Waals surface area contributed by atoms with Gasteiger partial charge in [-0.2, -0.15) is 0 Å². The molecule has 120 valence electrons. The van der Waals surface area contributed by atoms with E-state index in [9.17, 15) is 4.79 Å². The first-order valence-corrected chi connectivity index (χ1v) is 8.02. The third kappa shape index (κ3) is 3.65. The van der Waals surface area contributed by atoms with E-state index in [0.717, 1.165) is 30.8 Å². The summed E-state index contributed by atoms with van der Waals surface area (Å²) in [5.74, 6) is 1.48. The maximum atomic E-state index is 12.4. The van der Waals surface area contributed by atoms with Crippen molar-refractivity contribution in [2.75, 3.05) is 24.7 Å². The van der Waals surface area contributed by atoms with Crippen LogP contribution >= 0.6 is 0 Å². The molecule has 0 fully saturated rings. The van der Waals surface area contributed by atoms with E-state index < -0.39 is 0 Å². The molecule has 0 spiro atoms. The molecule has 1 heterocycles. The number of amides is 1.